The van der Waals surface area contributed by atoms with Crippen LogP contribution in [0.5, 0.6) is 5.75 Å². The summed E-state index contributed by atoms with van der Waals surface area (Å²) >= 11 is 0. The largest absolute Gasteiger partial charge is 0.491 e. The van der Waals surface area contributed by atoms with Crippen LogP contribution in [0, 0.1) is 0 Å². The monoisotopic (exact) mass is 447 g/mol. The zero-order valence-corrected chi connectivity index (χ0v) is 16.9. The predicted molar refractivity (Wildman–Crippen MR) is 111 cm³/mol. The molecule has 0 bridgehead atoms. The number of nitrogens with one attached hydrogen (secondary N) is 3. The van der Waals surface area contributed by atoms with Crippen molar-refractivity contribution in [1.29, 1.82) is 0 Å². The predicted octanol–water partition coefficient (Wildman–Crippen LogP) is 4.06. The minimum absolute atomic E-state index is 0.0615. The quantitative estimate of drug-likeness (QED) is 0.507. The lowest BCUT2D eigenvalue weighted by Crippen LogP contribution is -2.28. The van der Waals surface area contributed by atoms with Crippen molar-refractivity contribution >= 4 is 34.8 Å². The number of fused-ring (bicyclic) bond motifs is 2. The van der Waals surface area contributed by atoms with Crippen molar-refractivity contribution in [1.82, 2.24) is 15.0 Å². The van der Waals surface area contributed by atoms with E-state index in [0.29, 0.717) is 56.1 Å². The maximum absolute atomic E-state index is 13.6. The van der Waals surface area contributed by atoms with Crippen LogP contribution in [0.4, 0.5) is 30.6 Å². The topological polar surface area (TPSA) is 101 Å². The number of hydrogen-bond donors (Lipinski definition) is 3. The zero-order chi connectivity index (χ0) is 22.3. The zero-order valence-electron chi connectivity index (χ0n) is 16.9. The molecule has 0 spiro atoms. The van der Waals surface area contributed by atoms with Gasteiger partial charge in [0.25, 0.3) is 0 Å². The van der Waals surface area contributed by atoms with Gasteiger partial charge in [-0.1, -0.05) is 0 Å². The molecule has 0 unspecified atom stereocenters. The molecule has 0 atom stereocenters. The fourth-order valence-electron chi connectivity index (χ4n) is 4.10. The summed E-state index contributed by atoms with van der Waals surface area (Å²) in [4.78, 5) is 22.5. The third-order valence-corrected chi connectivity index (χ3v) is 5.67. The van der Waals surface area contributed by atoms with E-state index in [0.717, 1.165) is 18.0 Å². The van der Waals surface area contributed by atoms with Crippen molar-refractivity contribution in [2.45, 2.75) is 31.5 Å². The molecule has 3 N–H and O–H groups in total. The number of alkyl halides is 3. The fourth-order valence-corrected chi connectivity index (χ4v) is 4.10. The van der Waals surface area contributed by atoms with Crippen molar-refractivity contribution in [3.63, 3.8) is 0 Å². The van der Waals surface area contributed by atoms with Crippen molar-refractivity contribution < 1.29 is 27.4 Å². The second kappa shape index (κ2) is 7.97. The highest BCUT2D eigenvalue weighted by Crippen LogP contribution is 2.40. The number of carbonyl (C=O) groups is 1. The van der Waals surface area contributed by atoms with E-state index in [1.165, 1.54) is 0 Å². The average Bonchev–Trinajstić information content (AvgIpc) is 3.42. The Balaban J connectivity index is 1.56. The molecule has 168 valence electrons. The first-order chi connectivity index (χ1) is 15.4. The Bertz CT molecular complexity index is 1170. The number of aromatic nitrogens is 3. The number of halogens is 3. The van der Waals surface area contributed by atoms with Crippen LogP contribution in [0.1, 0.15) is 34.3 Å². The Morgan fingerprint density at radius 3 is 2.72 bits per heavy atom. The second-order valence-electron chi connectivity index (χ2n) is 7.70. The number of hydrogen-bond acceptors (Lipinski definition) is 7. The van der Waals surface area contributed by atoms with E-state index in [9.17, 15) is 18.0 Å². The SMILES string of the molecule is O=Cc1ccc(Nc2nc(NC3CCOCC3)c3c(C(F)(F)F)c[nH]c3n2)c2c1CCO2. The normalized spacial score (nSPS) is 16.6. The van der Waals surface area contributed by atoms with Gasteiger partial charge in [-0.15, -0.1) is 0 Å². The summed E-state index contributed by atoms with van der Waals surface area (Å²) in [5, 5.41) is 6.09. The Kier molecular flexibility index (Phi) is 5.12. The van der Waals surface area contributed by atoms with E-state index in [-0.39, 0.29) is 28.8 Å². The minimum Gasteiger partial charge on any atom is -0.491 e. The van der Waals surface area contributed by atoms with Gasteiger partial charge in [0, 0.05) is 43.0 Å². The van der Waals surface area contributed by atoms with E-state index in [4.69, 9.17) is 9.47 Å². The van der Waals surface area contributed by atoms with Gasteiger partial charge in [-0.2, -0.15) is 23.1 Å². The molecule has 2 aliphatic rings. The number of benzene rings is 1. The van der Waals surface area contributed by atoms with Gasteiger partial charge in [-0.05, 0) is 25.0 Å². The number of rotatable bonds is 5. The number of nitrogens with zero attached hydrogens (tertiary/aromatic N) is 2. The Morgan fingerprint density at radius 2 is 1.97 bits per heavy atom. The number of H-pyrrole nitrogens is 1. The number of aldehydes is 1. The first kappa shape index (κ1) is 20.6. The van der Waals surface area contributed by atoms with E-state index < -0.39 is 11.7 Å². The van der Waals surface area contributed by atoms with Crippen molar-refractivity contribution in [2.75, 3.05) is 30.5 Å². The summed E-state index contributed by atoms with van der Waals surface area (Å²) in [6, 6.07) is 3.27. The Hall–Kier alpha value is -3.34. The van der Waals surface area contributed by atoms with Gasteiger partial charge in [0.15, 0.2) is 0 Å². The minimum atomic E-state index is -4.55. The fraction of sp³-hybridized carbons (Fsp3) is 0.381. The molecule has 1 saturated heterocycles. The number of anilines is 3. The maximum atomic E-state index is 13.6. The molecule has 8 nitrogen and oxygen atoms in total. The molecule has 1 aromatic carbocycles. The van der Waals surface area contributed by atoms with Crippen molar-refractivity contribution in [3.8, 4) is 5.75 Å². The molecule has 0 amide bonds. The van der Waals surface area contributed by atoms with Gasteiger partial charge in [0.2, 0.25) is 5.95 Å². The first-order valence-electron chi connectivity index (χ1n) is 10.3. The van der Waals surface area contributed by atoms with Crippen LogP contribution < -0.4 is 15.4 Å². The van der Waals surface area contributed by atoms with E-state index in [2.05, 4.69) is 25.6 Å². The van der Waals surface area contributed by atoms with Gasteiger partial charge < -0.3 is 25.1 Å². The summed E-state index contributed by atoms with van der Waals surface area (Å²) in [7, 11) is 0. The molecular formula is C21H20F3N5O3. The van der Waals surface area contributed by atoms with Gasteiger partial charge in [-0.25, -0.2) is 0 Å². The van der Waals surface area contributed by atoms with Gasteiger partial charge in [0.1, 0.15) is 23.5 Å². The van der Waals surface area contributed by atoms with Crippen molar-refractivity contribution in [3.05, 3.63) is 35.0 Å². The van der Waals surface area contributed by atoms with Gasteiger partial charge >= 0.3 is 6.18 Å². The molecule has 0 radical (unpaired) electrons. The molecule has 1 fully saturated rings. The lowest BCUT2D eigenvalue weighted by molar-refractivity contribution is -0.136. The summed E-state index contributed by atoms with van der Waals surface area (Å²) in [6.07, 6.45) is -0.961. The molecule has 4 heterocycles. The Morgan fingerprint density at radius 1 is 1.16 bits per heavy atom. The van der Waals surface area contributed by atoms with E-state index >= 15 is 0 Å². The van der Waals surface area contributed by atoms with Crippen LogP contribution >= 0.6 is 0 Å². The number of aromatic amines is 1. The molecule has 2 aliphatic heterocycles. The van der Waals surface area contributed by atoms with Crippen molar-refractivity contribution in [2.24, 2.45) is 0 Å². The van der Waals surface area contributed by atoms with E-state index in [1.54, 1.807) is 12.1 Å². The third-order valence-electron chi connectivity index (χ3n) is 5.67. The summed E-state index contributed by atoms with van der Waals surface area (Å²) in [5.74, 6) is 0.735. The molecule has 5 rings (SSSR count). The second-order valence-corrected chi connectivity index (χ2v) is 7.70. The number of carbonyl (C=O) groups excluding carboxylic acids is 1. The van der Waals surface area contributed by atoms with E-state index in [1.807, 2.05) is 0 Å². The standard InChI is InChI=1S/C21H20F3N5O3/c22-21(23,24)14-9-25-18-16(14)19(26-12-3-6-31-7-4-12)29-20(28-18)27-15-2-1-11(10-30)13-5-8-32-17(13)15/h1-2,9-10,12H,3-8H2,(H3,25,26,27,28,29). The van der Waals surface area contributed by atoms with Gasteiger partial charge in [0.05, 0.1) is 23.2 Å². The average molecular weight is 447 g/mol. The smallest absolute Gasteiger partial charge is 0.418 e. The maximum Gasteiger partial charge on any atom is 0.418 e. The third kappa shape index (κ3) is 3.72. The van der Waals surface area contributed by atoms with Gasteiger partial charge in [-0.3, -0.25) is 4.79 Å². The Labute approximate surface area is 180 Å². The first-order valence-corrected chi connectivity index (χ1v) is 10.3. The summed E-state index contributed by atoms with van der Waals surface area (Å²) < 4.78 is 51.8. The lowest BCUT2D eigenvalue weighted by Gasteiger charge is -2.24. The van der Waals surface area contributed by atoms with Crippen LogP contribution in [-0.4, -0.2) is 47.1 Å². The highest BCUT2D eigenvalue weighted by molar-refractivity contribution is 5.92. The molecule has 32 heavy (non-hydrogen) atoms. The highest BCUT2D eigenvalue weighted by atomic mass is 19.4. The molecular weight excluding hydrogens is 427 g/mol. The van der Waals surface area contributed by atoms with Crippen LogP contribution in [0.25, 0.3) is 11.0 Å². The molecule has 0 saturated carbocycles. The molecule has 2 aromatic heterocycles. The van der Waals surface area contributed by atoms with Crippen LogP contribution in [0.2, 0.25) is 0 Å². The highest BCUT2D eigenvalue weighted by Gasteiger charge is 2.36. The molecule has 0 aliphatic carbocycles. The summed E-state index contributed by atoms with van der Waals surface area (Å²) in [5.41, 5.74) is 1.10. The van der Waals surface area contributed by atoms with Crippen LogP contribution in [0.15, 0.2) is 18.3 Å². The molecule has 11 heteroatoms. The molecule has 3 aromatic rings. The van der Waals surface area contributed by atoms with Crippen LogP contribution in [-0.2, 0) is 17.3 Å². The summed E-state index contributed by atoms with van der Waals surface area (Å²) in [6.45, 7) is 1.50. The lowest BCUT2D eigenvalue weighted by atomic mass is 10.1. The van der Waals surface area contributed by atoms with Crippen LogP contribution in [0.3, 0.4) is 0 Å². The number of ether oxygens (including phenoxy) is 2.